The van der Waals surface area contributed by atoms with Crippen LogP contribution in [0.2, 0.25) is 0 Å². The molecule has 7 heteroatoms. The molecule has 1 aliphatic carbocycles. The number of hydrogen-bond donors (Lipinski definition) is 2. The second-order valence-corrected chi connectivity index (χ2v) is 6.18. The third kappa shape index (κ3) is 3.61. The van der Waals surface area contributed by atoms with Crippen molar-refractivity contribution in [3.05, 3.63) is 66.7 Å². The van der Waals surface area contributed by atoms with Gasteiger partial charge in [0, 0.05) is 22.9 Å². The minimum absolute atomic E-state index is 0.0641. The molecule has 0 unspecified atom stereocenters. The summed E-state index contributed by atoms with van der Waals surface area (Å²) in [7, 11) is 0. The maximum absolute atomic E-state index is 12.4. The number of nitrogens with one attached hydrogen (secondary N) is 2. The third-order valence-electron chi connectivity index (χ3n) is 4.17. The van der Waals surface area contributed by atoms with E-state index in [0.717, 1.165) is 24.2 Å². The smallest absolute Gasteiger partial charge is 0.255 e. The van der Waals surface area contributed by atoms with Crippen molar-refractivity contribution < 1.29 is 9.59 Å². The fraction of sp³-hybridized carbons (Fsp3) is 0.158. The number of hydrogen-bond acceptors (Lipinski definition) is 4. The van der Waals surface area contributed by atoms with Gasteiger partial charge in [0.25, 0.3) is 5.91 Å². The summed E-state index contributed by atoms with van der Waals surface area (Å²) in [6.45, 7) is 0. The van der Waals surface area contributed by atoms with Crippen LogP contribution in [0.1, 0.15) is 23.2 Å². The summed E-state index contributed by atoms with van der Waals surface area (Å²) >= 11 is 0. The Kier molecular flexibility index (Phi) is 4.18. The number of anilines is 2. The lowest BCUT2D eigenvalue weighted by Gasteiger charge is -2.08. The number of carbonyl (C=O) groups excluding carboxylic acids is 2. The van der Waals surface area contributed by atoms with E-state index in [2.05, 4.69) is 20.7 Å². The van der Waals surface area contributed by atoms with Gasteiger partial charge < -0.3 is 10.6 Å². The molecule has 1 heterocycles. The van der Waals surface area contributed by atoms with Gasteiger partial charge in [-0.1, -0.05) is 0 Å². The third-order valence-corrected chi connectivity index (χ3v) is 4.17. The van der Waals surface area contributed by atoms with Crippen LogP contribution in [-0.4, -0.2) is 26.6 Å². The van der Waals surface area contributed by atoms with E-state index in [1.807, 2.05) is 0 Å². The maximum Gasteiger partial charge on any atom is 0.255 e. The van der Waals surface area contributed by atoms with Crippen molar-refractivity contribution in [1.82, 2.24) is 14.8 Å². The predicted octanol–water partition coefficient (Wildman–Crippen LogP) is 2.87. The van der Waals surface area contributed by atoms with Gasteiger partial charge in [-0.05, 0) is 61.4 Å². The molecule has 0 saturated heterocycles. The fourth-order valence-corrected chi connectivity index (χ4v) is 2.54. The lowest BCUT2D eigenvalue weighted by molar-refractivity contribution is -0.117. The molecule has 2 N–H and O–H groups in total. The number of aromatic nitrogens is 3. The molecule has 4 rings (SSSR count). The van der Waals surface area contributed by atoms with Crippen LogP contribution in [-0.2, 0) is 4.79 Å². The van der Waals surface area contributed by atoms with Crippen molar-refractivity contribution in [2.75, 3.05) is 10.6 Å². The monoisotopic (exact) mass is 347 g/mol. The number of rotatable bonds is 5. The molecule has 2 amide bonds. The molecule has 3 aromatic rings. The summed E-state index contributed by atoms with van der Waals surface area (Å²) in [6, 6.07) is 14.2. The van der Waals surface area contributed by atoms with Gasteiger partial charge in [0.2, 0.25) is 5.91 Å². The SMILES string of the molecule is O=C(Nc1ccc(NC(=O)C2CC2)cc1)c1ccc(-n2cncn2)cc1. The summed E-state index contributed by atoms with van der Waals surface area (Å²) in [5.41, 5.74) is 2.77. The molecule has 1 fully saturated rings. The first kappa shape index (κ1) is 16.0. The summed E-state index contributed by atoms with van der Waals surface area (Å²) in [4.78, 5) is 28.0. The van der Waals surface area contributed by atoms with Crippen LogP contribution < -0.4 is 10.6 Å². The van der Waals surface area contributed by atoms with E-state index in [9.17, 15) is 9.59 Å². The molecule has 0 bridgehead atoms. The number of carbonyl (C=O) groups is 2. The zero-order chi connectivity index (χ0) is 17.9. The van der Waals surface area contributed by atoms with Gasteiger partial charge in [-0.2, -0.15) is 5.10 Å². The molecule has 26 heavy (non-hydrogen) atoms. The van der Waals surface area contributed by atoms with E-state index in [1.165, 1.54) is 6.33 Å². The van der Waals surface area contributed by atoms with E-state index in [4.69, 9.17) is 0 Å². The van der Waals surface area contributed by atoms with Crippen LogP contribution in [0.3, 0.4) is 0 Å². The molecule has 1 aromatic heterocycles. The highest BCUT2D eigenvalue weighted by atomic mass is 16.2. The molecule has 7 nitrogen and oxygen atoms in total. The lowest BCUT2D eigenvalue weighted by Crippen LogP contribution is -2.14. The van der Waals surface area contributed by atoms with Crippen molar-refractivity contribution in [3.8, 4) is 5.69 Å². The van der Waals surface area contributed by atoms with Crippen LogP contribution >= 0.6 is 0 Å². The average Bonchev–Trinajstić information content (AvgIpc) is 3.38. The first-order valence-electron chi connectivity index (χ1n) is 8.36. The quantitative estimate of drug-likeness (QED) is 0.743. The Labute approximate surface area is 150 Å². The Morgan fingerprint density at radius 2 is 1.58 bits per heavy atom. The molecular weight excluding hydrogens is 330 g/mol. The normalized spacial score (nSPS) is 13.2. The zero-order valence-corrected chi connectivity index (χ0v) is 13.9. The molecule has 0 spiro atoms. The Morgan fingerprint density at radius 1 is 0.923 bits per heavy atom. The van der Waals surface area contributed by atoms with E-state index in [0.29, 0.717) is 11.3 Å². The molecule has 1 aliphatic rings. The zero-order valence-electron chi connectivity index (χ0n) is 13.9. The Morgan fingerprint density at radius 3 is 2.15 bits per heavy atom. The van der Waals surface area contributed by atoms with Gasteiger partial charge in [0.1, 0.15) is 12.7 Å². The van der Waals surface area contributed by atoms with E-state index in [-0.39, 0.29) is 17.7 Å². The summed E-state index contributed by atoms with van der Waals surface area (Å²) < 4.78 is 1.62. The van der Waals surface area contributed by atoms with Gasteiger partial charge in [-0.3, -0.25) is 9.59 Å². The number of nitrogens with zero attached hydrogens (tertiary/aromatic N) is 3. The van der Waals surface area contributed by atoms with Crippen molar-refractivity contribution in [1.29, 1.82) is 0 Å². The molecule has 0 aliphatic heterocycles. The summed E-state index contributed by atoms with van der Waals surface area (Å²) in [5.74, 6) is 0.0223. The van der Waals surface area contributed by atoms with Crippen LogP contribution in [0.5, 0.6) is 0 Å². The van der Waals surface area contributed by atoms with E-state index in [1.54, 1.807) is 59.5 Å². The molecule has 0 atom stereocenters. The Bertz CT molecular complexity index is 914. The van der Waals surface area contributed by atoms with Gasteiger partial charge >= 0.3 is 0 Å². The predicted molar refractivity (Wildman–Crippen MR) is 97.1 cm³/mol. The number of benzene rings is 2. The van der Waals surface area contributed by atoms with Crippen LogP contribution in [0.4, 0.5) is 11.4 Å². The van der Waals surface area contributed by atoms with Gasteiger partial charge in [-0.15, -0.1) is 0 Å². The van der Waals surface area contributed by atoms with Crippen LogP contribution in [0, 0.1) is 5.92 Å². The van der Waals surface area contributed by atoms with E-state index >= 15 is 0 Å². The minimum Gasteiger partial charge on any atom is -0.326 e. The Balaban J connectivity index is 1.38. The van der Waals surface area contributed by atoms with Crippen LogP contribution in [0.25, 0.3) is 5.69 Å². The van der Waals surface area contributed by atoms with Crippen molar-refractivity contribution >= 4 is 23.2 Å². The van der Waals surface area contributed by atoms with E-state index < -0.39 is 0 Å². The van der Waals surface area contributed by atoms with Crippen molar-refractivity contribution in [2.24, 2.45) is 5.92 Å². The highest BCUT2D eigenvalue weighted by Gasteiger charge is 2.29. The molecule has 2 aromatic carbocycles. The Hall–Kier alpha value is -3.48. The van der Waals surface area contributed by atoms with Gasteiger partial charge in [0.05, 0.1) is 5.69 Å². The highest BCUT2D eigenvalue weighted by molar-refractivity contribution is 6.04. The molecule has 0 radical (unpaired) electrons. The van der Waals surface area contributed by atoms with Gasteiger partial charge in [0.15, 0.2) is 0 Å². The molecule has 130 valence electrons. The summed E-state index contributed by atoms with van der Waals surface area (Å²) in [6.07, 6.45) is 4.99. The fourth-order valence-electron chi connectivity index (χ4n) is 2.54. The summed E-state index contributed by atoms with van der Waals surface area (Å²) in [5, 5.41) is 9.76. The second kappa shape index (κ2) is 6.79. The average molecular weight is 347 g/mol. The first-order valence-corrected chi connectivity index (χ1v) is 8.36. The standard InChI is InChI=1S/C19H17N5O2/c25-18(13-1-2-13)22-15-5-7-16(8-6-15)23-19(26)14-3-9-17(10-4-14)24-12-20-11-21-24/h3-13H,1-2H2,(H,22,25)(H,23,26). The lowest BCUT2D eigenvalue weighted by atomic mass is 10.2. The molecule has 1 saturated carbocycles. The molecular formula is C19H17N5O2. The van der Waals surface area contributed by atoms with Crippen molar-refractivity contribution in [3.63, 3.8) is 0 Å². The van der Waals surface area contributed by atoms with Gasteiger partial charge in [-0.25, -0.2) is 9.67 Å². The number of amides is 2. The van der Waals surface area contributed by atoms with Crippen LogP contribution in [0.15, 0.2) is 61.2 Å². The van der Waals surface area contributed by atoms with Crippen molar-refractivity contribution in [2.45, 2.75) is 12.8 Å². The second-order valence-electron chi connectivity index (χ2n) is 6.18. The first-order chi connectivity index (χ1) is 12.7. The topological polar surface area (TPSA) is 88.9 Å². The highest BCUT2D eigenvalue weighted by Crippen LogP contribution is 2.30. The minimum atomic E-state index is -0.204. The largest absolute Gasteiger partial charge is 0.326 e. The maximum atomic E-state index is 12.4.